The average molecular weight is 343 g/mol. The summed E-state index contributed by atoms with van der Waals surface area (Å²) in [7, 11) is 0. The van der Waals surface area contributed by atoms with Gasteiger partial charge in [-0.2, -0.15) is 0 Å². The third-order valence-corrected chi connectivity index (χ3v) is 2.59. The number of carbonyl (C=O) groups excluding carboxylic acids is 1. The van der Waals surface area contributed by atoms with Gasteiger partial charge in [-0.25, -0.2) is 18.6 Å². The van der Waals surface area contributed by atoms with Crippen molar-refractivity contribution in [2.24, 2.45) is 0 Å². The molecular formula is C9H8F2INO3. The molecule has 0 aliphatic heterocycles. The number of hydrogen-bond acceptors (Lipinski definition) is 4. The van der Waals surface area contributed by atoms with Crippen molar-refractivity contribution in [2.45, 2.75) is 13.3 Å². The molecule has 0 amide bonds. The van der Waals surface area contributed by atoms with E-state index in [2.05, 4.69) is 9.72 Å². The molecule has 7 heteroatoms. The van der Waals surface area contributed by atoms with E-state index in [1.807, 2.05) is 0 Å². The lowest BCUT2D eigenvalue weighted by Crippen LogP contribution is -2.09. The van der Waals surface area contributed by atoms with Crippen LogP contribution in [-0.4, -0.2) is 22.7 Å². The molecule has 1 N–H and O–H groups in total. The van der Waals surface area contributed by atoms with Crippen LogP contribution in [0.1, 0.15) is 29.4 Å². The molecular weight excluding hydrogens is 335 g/mol. The monoisotopic (exact) mass is 343 g/mol. The highest BCUT2D eigenvalue weighted by Crippen LogP contribution is 2.34. The minimum Gasteiger partial charge on any atom is -0.505 e. The van der Waals surface area contributed by atoms with Crippen molar-refractivity contribution in [3.05, 3.63) is 21.0 Å². The lowest BCUT2D eigenvalue weighted by molar-refractivity contribution is 0.0514. The maximum atomic E-state index is 12.6. The maximum absolute atomic E-state index is 12.6. The van der Waals surface area contributed by atoms with Gasteiger partial charge in [-0.3, -0.25) is 0 Å². The molecule has 1 aromatic rings. The Morgan fingerprint density at radius 3 is 2.81 bits per heavy atom. The predicted octanol–water partition coefficient (Wildman–Crippen LogP) is 2.51. The number of nitrogens with zero attached hydrogens (tertiary/aromatic N) is 1. The number of esters is 1. The molecule has 1 aromatic heterocycles. The smallest absolute Gasteiger partial charge is 0.360 e. The molecule has 0 aromatic carbocycles. The average Bonchev–Trinajstić information content (AvgIpc) is 2.17. The van der Waals surface area contributed by atoms with Crippen molar-refractivity contribution in [3.8, 4) is 5.75 Å². The molecule has 0 saturated heterocycles. The van der Waals surface area contributed by atoms with E-state index < -0.39 is 29.4 Å². The summed E-state index contributed by atoms with van der Waals surface area (Å²) in [5.41, 5.74) is -1.09. The molecule has 0 aliphatic rings. The predicted molar refractivity (Wildman–Crippen MR) is 59.5 cm³/mol. The van der Waals surface area contributed by atoms with Crippen molar-refractivity contribution in [1.82, 2.24) is 4.98 Å². The number of carbonyl (C=O) groups is 1. The summed E-state index contributed by atoms with van der Waals surface area (Å²) in [5, 5.41) is 9.49. The molecule has 4 nitrogen and oxygen atoms in total. The van der Waals surface area contributed by atoms with E-state index in [4.69, 9.17) is 0 Å². The van der Waals surface area contributed by atoms with Crippen LogP contribution in [0.15, 0.2) is 6.20 Å². The molecule has 0 atom stereocenters. The van der Waals surface area contributed by atoms with Crippen LogP contribution >= 0.6 is 22.6 Å². The quantitative estimate of drug-likeness (QED) is 0.677. The van der Waals surface area contributed by atoms with Gasteiger partial charge in [0.2, 0.25) is 0 Å². The van der Waals surface area contributed by atoms with Crippen LogP contribution in [0.4, 0.5) is 8.78 Å². The van der Waals surface area contributed by atoms with Crippen molar-refractivity contribution in [1.29, 1.82) is 0 Å². The maximum Gasteiger partial charge on any atom is 0.360 e. The van der Waals surface area contributed by atoms with E-state index in [-0.39, 0.29) is 10.2 Å². The minimum absolute atomic E-state index is 0.0793. The summed E-state index contributed by atoms with van der Waals surface area (Å²) in [5.74, 6) is -1.74. The fourth-order valence-electron chi connectivity index (χ4n) is 1.05. The number of ether oxygens (including phenoxy) is 1. The second kappa shape index (κ2) is 5.37. The second-order valence-corrected chi connectivity index (χ2v) is 3.90. The van der Waals surface area contributed by atoms with Gasteiger partial charge in [0.1, 0.15) is 0 Å². The Morgan fingerprint density at radius 1 is 1.69 bits per heavy atom. The summed E-state index contributed by atoms with van der Waals surface area (Å²) in [4.78, 5) is 14.8. The number of alkyl halides is 2. The first-order valence-corrected chi connectivity index (χ1v) is 5.39. The van der Waals surface area contributed by atoms with Crippen LogP contribution in [-0.2, 0) is 4.74 Å². The number of aromatic hydroxyl groups is 1. The number of aromatic nitrogens is 1. The molecule has 0 aliphatic carbocycles. The van der Waals surface area contributed by atoms with Crippen molar-refractivity contribution in [2.75, 3.05) is 6.61 Å². The lowest BCUT2D eigenvalue weighted by Gasteiger charge is -2.09. The normalized spacial score (nSPS) is 10.6. The summed E-state index contributed by atoms with van der Waals surface area (Å²) in [6.07, 6.45) is -1.78. The first-order chi connectivity index (χ1) is 7.49. The first kappa shape index (κ1) is 13.1. The van der Waals surface area contributed by atoms with E-state index >= 15 is 0 Å². The Kier molecular flexibility index (Phi) is 4.39. The minimum atomic E-state index is -2.87. The first-order valence-electron chi connectivity index (χ1n) is 4.31. The Morgan fingerprint density at radius 2 is 2.31 bits per heavy atom. The number of pyridine rings is 1. The molecule has 1 rings (SSSR count). The van der Waals surface area contributed by atoms with Crippen molar-refractivity contribution >= 4 is 28.6 Å². The Balaban J connectivity index is 3.23. The van der Waals surface area contributed by atoms with Crippen LogP contribution in [0.3, 0.4) is 0 Å². The van der Waals surface area contributed by atoms with Gasteiger partial charge in [-0.1, -0.05) is 0 Å². The molecule has 0 unspecified atom stereocenters. The standard InChI is InChI=1S/C9H8F2INO3/c1-2-16-9(15)6-7(14)5(8(10)11)4(12)3-13-6/h3,8,14H,2H2,1H3. The molecule has 0 radical (unpaired) electrons. The van der Waals surface area contributed by atoms with Crippen LogP contribution in [0.2, 0.25) is 0 Å². The highest BCUT2D eigenvalue weighted by atomic mass is 127. The van der Waals surface area contributed by atoms with E-state index in [9.17, 15) is 18.7 Å². The van der Waals surface area contributed by atoms with E-state index in [0.29, 0.717) is 0 Å². The van der Waals surface area contributed by atoms with Crippen LogP contribution in [0.5, 0.6) is 5.75 Å². The zero-order valence-electron chi connectivity index (χ0n) is 8.21. The van der Waals surface area contributed by atoms with Gasteiger partial charge in [0.05, 0.1) is 12.2 Å². The number of hydrogen-bond donors (Lipinski definition) is 1. The van der Waals surface area contributed by atoms with Gasteiger partial charge in [-0.15, -0.1) is 0 Å². The summed E-state index contributed by atoms with van der Waals surface area (Å²) in [6.45, 7) is 1.64. The Hall–Kier alpha value is -0.990. The molecule has 0 saturated carbocycles. The lowest BCUT2D eigenvalue weighted by atomic mass is 10.2. The second-order valence-electron chi connectivity index (χ2n) is 2.74. The Bertz CT molecular complexity index is 412. The van der Waals surface area contributed by atoms with Gasteiger partial charge in [0.15, 0.2) is 11.4 Å². The third kappa shape index (κ3) is 2.57. The molecule has 1 heterocycles. The fourth-order valence-corrected chi connectivity index (χ4v) is 1.68. The fraction of sp³-hybridized carbons (Fsp3) is 0.333. The molecule has 0 spiro atoms. The van der Waals surface area contributed by atoms with Gasteiger partial charge >= 0.3 is 5.97 Å². The zero-order valence-corrected chi connectivity index (χ0v) is 10.4. The number of rotatable bonds is 3. The molecule has 16 heavy (non-hydrogen) atoms. The molecule has 0 fully saturated rings. The van der Waals surface area contributed by atoms with Gasteiger partial charge in [0, 0.05) is 9.77 Å². The van der Waals surface area contributed by atoms with Gasteiger partial charge < -0.3 is 9.84 Å². The topological polar surface area (TPSA) is 59.4 Å². The van der Waals surface area contributed by atoms with Crippen LogP contribution in [0.25, 0.3) is 0 Å². The van der Waals surface area contributed by atoms with Crippen LogP contribution in [0, 0.1) is 3.57 Å². The van der Waals surface area contributed by atoms with Crippen LogP contribution < -0.4 is 0 Å². The van der Waals surface area contributed by atoms with Gasteiger partial charge in [0.25, 0.3) is 6.43 Å². The molecule has 0 bridgehead atoms. The number of halogens is 3. The van der Waals surface area contributed by atoms with Crippen molar-refractivity contribution in [3.63, 3.8) is 0 Å². The SMILES string of the molecule is CCOC(=O)c1ncc(I)c(C(F)F)c1O. The van der Waals surface area contributed by atoms with E-state index in [1.165, 1.54) is 0 Å². The summed E-state index contributed by atoms with van der Waals surface area (Å²) in [6, 6.07) is 0. The van der Waals surface area contributed by atoms with Gasteiger partial charge in [-0.05, 0) is 29.5 Å². The summed E-state index contributed by atoms with van der Waals surface area (Å²) < 4.78 is 29.8. The highest BCUT2D eigenvalue weighted by molar-refractivity contribution is 14.1. The van der Waals surface area contributed by atoms with E-state index in [0.717, 1.165) is 6.20 Å². The van der Waals surface area contributed by atoms with E-state index in [1.54, 1.807) is 29.5 Å². The molecule has 88 valence electrons. The largest absolute Gasteiger partial charge is 0.505 e. The summed E-state index contributed by atoms with van der Waals surface area (Å²) >= 11 is 1.61. The third-order valence-electron chi connectivity index (χ3n) is 1.73. The Labute approximate surface area is 104 Å². The zero-order chi connectivity index (χ0) is 12.3. The highest BCUT2D eigenvalue weighted by Gasteiger charge is 2.24. The van der Waals surface area contributed by atoms with Crippen molar-refractivity contribution < 1.29 is 23.4 Å².